The summed E-state index contributed by atoms with van der Waals surface area (Å²) >= 11 is 6.19. The van der Waals surface area contributed by atoms with Crippen molar-refractivity contribution in [3.05, 3.63) is 64.2 Å². The van der Waals surface area contributed by atoms with Gasteiger partial charge in [-0.3, -0.25) is 13.9 Å². The average molecular weight is 508 g/mol. The molecule has 1 atom stereocenters. The van der Waals surface area contributed by atoms with Crippen molar-refractivity contribution in [3.63, 3.8) is 0 Å². The van der Waals surface area contributed by atoms with Gasteiger partial charge in [0.15, 0.2) is 0 Å². The number of nitrogens with one attached hydrogen (secondary N) is 1. The van der Waals surface area contributed by atoms with Crippen molar-refractivity contribution in [2.75, 3.05) is 24.2 Å². The Morgan fingerprint density at radius 1 is 1.09 bits per heavy atom. The van der Waals surface area contributed by atoms with Gasteiger partial charge in [-0.05, 0) is 49.9 Å². The van der Waals surface area contributed by atoms with E-state index in [1.165, 1.54) is 4.31 Å². The number of sulfonamides is 1. The Morgan fingerprint density at radius 3 is 2.29 bits per heavy atom. The second-order valence-electron chi connectivity index (χ2n) is 8.37. The lowest BCUT2D eigenvalue weighted by molar-refractivity contribution is -0.141. The van der Waals surface area contributed by atoms with Crippen molar-refractivity contribution in [1.82, 2.24) is 10.2 Å². The Labute approximate surface area is 208 Å². The molecule has 1 N–H and O–H groups in total. The molecule has 0 saturated carbocycles. The van der Waals surface area contributed by atoms with Crippen LogP contribution in [0.3, 0.4) is 0 Å². The highest BCUT2D eigenvalue weighted by atomic mass is 35.5. The molecule has 0 bridgehead atoms. The highest BCUT2D eigenvalue weighted by Crippen LogP contribution is 2.28. The standard InChI is InChI=1S/C25H34ClN3O4S/c1-6-22(25(31)27-4)28(17-20-14-12-18(2)13-15-20)24(30)11-8-16-29(34(5,32)33)23-10-7-9-21(26)19(23)3/h7,9-10,12-15,22H,6,8,11,16-17H2,1-5H3,(H,27,31). The molecule has 186 valence electrons. The van der Waals surface area contributed by atoms with Gasteiger partial charge in [0.25, 0.3) is 0 Å². The number of halogens is 1. The van der Waals surface area contributed by atoms with Gasteiger partial charge in [0.2, 0.25) is 21.8 Å². The van der Waals surface area contributed by atoms with Crippen LogP contribution in [-0.2, 0) is 26.2 Å². The molecule has 0 fully saturated rings. The van der Waals surface area contributed by atoms with E-state index in [0.717, 1.165) is 17.4 Å². The van der Waals surface area contributed by atoms with Crippen molar-refractivity contribution in [1.29, 1.82) is 0 Å². The fourth-order valence-corrected chi connectivity index (χ4v) is 5.01. The van der Waals surface area contributed by atoms with E-state index < -0.39 is 16.1 Å². The first-order valence-electron chi connectivity index (χ1n) is 11.3. The lowest BCUT2D eigenvalue weighted by atomic mass is 10.1. The summed E-state index contributed by atoms with van der Waals surface area (Å²) in [6.07, 6.45) is 2.00. The summed E-state index contributed by atoms with van der Waals surface area (Å²) in [4.78, 5) is 27.4. The van der Waals surface area contributed by atoms with Gasteiger partial charge in [0, 0.05) is 31.6 Å². The van der Waals surface area contributed by atoms with E-state index in [9.17, 15) is 18.0 Å². The Kier molecular flexibility index (Phi) is 9.94. The predicted octanol–water partition coefficient (Wildman–Crippen LogP) is 4.06. The van der Waals surface area contributed by atoms with E-state index in [1.807, 2.05) is 38.1 Å². The second kappa shape index (κ2) is 12.2. The molecule has 0 aliphatic rings. The van der Waals surface area contributed by atoms with Gasteiger partial charge in [-0.15, -0.1) is 0 Å². The van der Waals surface area contributed by atoms with Crippen LogP contribution in [0.15, 0.2) is 42.5 Å². The van der Waals surface area contributed by atoms with Crippen LogP contribution in [0.25, 0.3) is 0 Å². The third-order valence-corrected chi connectivity index (χ3v) is 7.36. The van der Waals surface area contributed by atoms with Gasteiger partial charge < -0.3 is 10.2 Å². The Balaban J connectivity index is 2.21. The van der Waals surface area contributed by atoms with Crippen LogP contribution < -0.4 is 9.62 Å². The van der Waals surface area contributed by atoms with E-state index in [-0.39, 0.29) is 24.8 Å². The number of hydrogen-bond donors (Lipinski definition) is 1. The van der Waals surface area contributed by atoms with Gasteiger partial charge in [-0.2, -0.15) is 0 Å². The topological polar surface area (TPSA) is 86.8 Å². The third-order valence-electron chi connectivity index (χ3n) is 5.77. The number of benzene rings is 2. The number of carbonyl (C=O) groups is 2. The molecule has 2 amide bonds. The monoisotopic (exact) mass is 507 g/mol. The van der Waals surface area contributed by atoms with Crippen LogP contribution in [0, 0.1) is 13.8 Å². The number of aryl methyl sites for hydroxylation is 1. The molecule has 2 rings (SSSR count). The molecule has 34 heavy (non-hydrogen) atoms. The van der Waals surface area contributed by atoms with E-state index in [2.05, 4.69) is 5.32 Å². The summed E-state index contributed by atoms with van der Waals surface area (Å²) in [5.41, 5.74) is 3.19. The molecule has 7 nitrogen and oxygen atoms in total. The normalized spacial score (nSPS) is 12.2. The minimum absolute atomic E-state index is 0.102. The molecule has 0 spiro atoms. The maximum Gasteiger partial charge on any atom is 0.242 e. The van der Waals surface area contributed by atoms with Gasteiger partial charge >= 0.3 is 0 Å². The molecule has 0 aliphatic heterocycles. The average Bonchev–Trinajstić information content (AvgIpc) is 2.79. The number of likely N-dealkylation sites (N-methyl/N-ethyl adjacent to an activating group) is 1. The molecule has 9 heteroatoms. The Morgan fingerprint density at radius 2 is 1.74 bits per heavy atom. The van der Waals surface area contributed by atoms with Crippen molar-refractivity contribution in [2.24, 2.45) is 0 Å². The molecule has 2 aromatic rings. The number of anilines is 1. The predicted molar refractivity (Wildman–Crippen MR) is 137 cm³/mol. The van der Waals surface area contributed by atoms with Crippen LogP contribution in [0.5, 0.6) is 0 Å². The molecular weight excluding hydrogens is 474 g/mol. The minimum atomic E-state index is -3.58. The van der Waals surface area contributed by atoms with Gasteiger partial charge in [0.05, 0.1) is 11.9 Å². The maximum atomic E-state index is 13.3. The fourth-order valence-electron chi connectivity index (χ4n) is 3.82. The van der Waals surface area contributed by atoms with Gasteiger partial charge in [-0.1, -0.05) is 54.4 Å². The Bertz CT molecular complexity index is 1100. The van der Waals surface area contributed by atoms with Crippen LogP contribution in [0.4, 0.5) is 5.69 Å². The summed E-state index contributed by atoms with van der Waals surface area (Å²) in [5, 5.41) is 3.12. The van der Waals surface area contributed by atoms with Crippen molar-refractivity contribution in [2.45, 2.75) is 52.6 Å². The highest BCUT2D eigenvalue weighted by Gasteiger charge is 2.28. The number of nitrogens with zero attached hydrogens (tertiary/aromatic N) is 2. The summed E-state index contributed by atoms with van der Waals surface area (Å²) in [7, 11) is -2.03. The molecule has 0 heterocycles. The zero-order valence-electron chi connectivity index (χ0n) is 20.5. The lowest BCUT2D eigenvalue weighted by Gasteiger charge is -2.31. The minimum Gasteiger partial charge on any atom is -0.357 e. The van der Waals surface area contributed by atoms with E-state index in [1.54, 1.807) is 37.1 Å². The van der Waals surface area contributed by atoms with Crippen LogP contribution >= 0.6 is 11.6 Å². The zero-order valence-corrected chi connectivity index (χ0v) is 22.0. The van der Waals surface area contributed by atoms with E-state index in [4.69, 9.17) is 11.6 Å². The number of amides is 2. The van der Waals surface area contributed by atoms with E-state index >= 15 is 0 Å². The number of rotatable bonds is 11. The third kappa shape index (κ3) is 7.21. The lowest BCUT2D eigenvalue weighted by Crippen LogP contribution is -2.48. The van der Waals surface area contributed by atoms with Crippen molar-refractivity contribution in [3.8, 4) is 0 Å². The second-order valence-corrected chi connectivity index (χ2v) is 10.7. The first-order valence-corrected chi connectivity index (χ1v) is 13.5. The molecule has 0 radical (unpaired) electrons. The maximum absolute atomic E-state index is 13.3. The van der Waals surface area contributed by atoms with Gasteiger partial charge in [0.1, 0.15) is 6.04 Å². The first kappa shape index (κ1) is 27.7. The highest BCUT2D eigenvalue weighted by molar-refractivity contribution is 7.92. The molecule has 0 aliphatic carbocycles. The van der Waals surface area contributed by atoms with Crippen LogP contribution in [0.1, 0.15) is 42.9 Å². The van der Waals surface area contributed by atoms with Crippen LogP contribution in [0.2, 0.25) is 5.02 Å². The van der Waals surface area contributed by atoms with Crippen LogP contribution in [-0.4, -0.2) is 51.0 Å². The quantitative estimate of drug-likeness (QED) is 0.497. The fraction of sp³-hybridized carbons (Fsp3) is 0.440. The molecule has 1 unspecified atom stereocenters. The summed E-state index contributed by atoms with van der Waals surface area (Å²) in [6, 6.07) is 12.3. The SMILES string of the molecule is CCC(C(=O)NC)N(Cc1ccc(C)cc1)C(=O)CCCN(c1cccc(Cl)c1C)S(C)(=O)=O. The largest absolute Gasteiger partial charge is 0.357 e. The summed E-state index contributed by atoms with van der Waals surface area (Å²) in [6.45, 7) is 6.04. The molecule has 2 aromatic carbocycles. The smallest absolute Gasteiger partial charge is 0.242 e. The zero-order chi connectivity index (χ0) is 25.5. The Hall–Kier alpha value is -2.58. The molecular formula is C25H34ClN3O4S. The summed E-state index contributed by atoms with van der Waals surface area (Å²) < 4.78 is 26.3. The van der Waals surface area contributed by atoms with Gasteiger partial charge in [-0.25, -0.2) is 8.42 Å². The number of carbonyl (C=O) groups excluding carboxylic acids is 2. The summed E-state index contributed by atoms with van der Waals surface area (Å²) in [5.74, 6) is -0.428. The number of hydrogen-bond acceptors (Lipinski definition) is 4. The van der Waals surface area contributed by atoms with Crippen molar-refractivity contribution >= 4 is 39.1 Å². The molecule has 0 saturated heterocycles. The molecule has 0 aromatic heterocycles. The first-order chi connectivity index (χ1) is 16.0. The van der Waals surface area contributed by atoms with E-state index in [0.29, 0.717) is 35.7 Å². The van der Waals surface area contributed by atoms with Crippen molar-refractivity contribution < 1.29 is 18.0 Å².